The number of carbonyl (C=O) groups excluding carboxylic acids is 1. The Kier molecular flexibility index (Phi) is 6.56. The number of cyclic esters (lactones) is 1. The SMILES string of the molecule is CCc1ccc(Oc2ccc(N3CC(CO)OC3=O)cc2F)c(OCc2ccccc2)c1. The molecule has 1 amide bonds. The third kappa shape index (κ3) is 4.84. The summed E-state index contributed by atoms with van der Waals surface area (Å²) in [5.74, 6) is 0.293. The lowest BCUT2D eigenvalue weighted by Crippen LogP contribution is -2.25. The van der Waals surface area contributed by atoms with Gasteiger partial charge in [0.2, 0.25) is 0 Å². The van der Waals surface area contributed by atoms with Gasteiger partial charge >= 0.3 is 6.09 Å². The van der Waals surface area contributed by atoms with E-state index in [9.17, 15) is 14.3 Å². The molecule has 1 N–H and O–H groups in total. The average molecular weight is 437 g/mol. The van der Waals surface area contributed by atoms with E-state index in [0.717, 1.165) is 17.5 Å². The number of rotatable bonds is 8. The number of carbonyl (C=O) groups is 1. The molecule has 3 aromatic carbocycles. The first-order chi connectivity index (χ1) is 15.6. The van der Waals surface area contributed by atoms with Gasteiger partial charge in [-0.1, -0.05) is 43.3 Å². The molecule has 6 nitrogen and oxygen atoms in total. The van der Waals surface area contributed by atoms with Crippen molar-refractivity contribution in [3.05, 3.63) is 83.7 Å². The van der Waals surface area contributed by atoms with E-state index in [1.54, 1.807) is 12.1 Å². The lowest BCUT2D eigenvalue weighted by Gasteiger charge is -2.16. The minimum Gasteiger partial charge on any atom is -0.485 e. The third-order valence-electron chi connectivity index (χ3n) is 5.18. The zero-order valence-corrected chi connectivity index (χ0v) is 17.7. The van der Waals surface area contributed by atoms with E-state index in [0.29, 0.717) is 23.8 Å². The van der Waals surface area contributed by atoms with Crippen molar-refractivity contribution >= 4 is 11.8 Å². The summed E-state index contributed by atoms with van der Waals surface area (Å²) in [6, 6.07) is 19.5. The molecule has 4 rings (SSSR count). The Balaban J connectivity index is 1.53. The zero-order chi connectivity index (χ0) is 22.5. The van der Waals surface area contributed by atoms with Crippen molar-refractivity contribution in [2.75, 3.05) is 18.1 Å². The first-order valence-corrected chi connectivity index (χ1v) is 10.4. The summed E-state index contributed by atoms with van der Waals surface area (Å²) in [4.78, 5) is 13.2. The Labute approximate surface area is 185 Å². The van der Waals surface area contributed by atoms with Crippen LogP contribution in [-0.2, 0) is 17.8 Å². The molecule has 1 unspecified atom stereocenters. The van der Waals surface area contributed by atoms with Crippen LogP contribution >= 0.6 is 0 Å². The number of aliphatic hydroxyl groups is 1. The second-order valence-corrected chi connectivity index (χ2v) is 7.42. The van der Waals surface area contributed by atoms with Crippen LogP contribution in [0.25, 0.3) is 0 Å². The number of hydrogen-bond acceptors (Lipinski definition) is 5. The summed E-state index contributed by atoms with van der Waals surface area (Å²) in [6.45, 7) is 2.27. The minimum atomic E-state index is -0.628. The van der Waals surface area contributed by atoms with Gasteiger partial charge in [0, 0.05) is 6.07 Å². The molecule has 7 heteroatoms. The highest BCUT2D eigenvalue weighted by Gasteiger charge is 2.32. The number of aryl methyl sites for hydroxylation is 1. The Morgan fingerprint density at radius 3 is 2.50 bits per heavy atom. The Morgan fingerprint density at radius 1 is 1.03 bits per heavy atom. The van der Waals surface area contributed by atoms with Gasteiger partial charge in [-0.2, -0.15) is 0 Å². The first kappa shape index (κ1) is 21.6. The number of anilines is 1. The van der Waals surface area contributed by atoms with E-state index in [1.807, 2.05) is 49.4 Å². The van der Waals surface area contributed by atoms with Crippen LogP contribution in [-0.4, -0.2) is 30.5 Å². The second kappa shape index (κ2) is 9.70. The van der Waals surface area contributed by atoms with Gasteiger partial charge in [-0.05, 0) is 41.8 Å². The molecule has 1 fully saturated rings. The van der Waals surface area contributed by atoms with Crippen molar-refractivity contribution in [1.29, 1.82) is 0 Å². The van der Waals surface area contributed by atoms with Crippen molar-refractivity contribution in [2.24, 2.45) is 0 Å². The van der Waals surface area contributed by atoms with Gasteiger partial charge in [-0.3, -0.25) is 4.90 Å². The van der Waals surface area contributed by atoms with Gasteiger partial charge in [0.15, 0.2) is 23.1 Å². The van der Waals surface area contributed by atoms with Crippen molar-refractivity contribution < 1.29 is 28.5 Å². The summed E-state index contributed by atoms with van der Waals surface area (Å²) in [6.07, 6.45) is -0.419. The quantitative estimate of drug-likeness (QED) is 0.533. The molecule has 1 aliphatic heterocycles. The van der Waals surface area contributed by atoms with E-state index < -0.39 is 18.0 Å². The van der Waals surface area contributed by atoms with Gasteiger partial charge in [0.05, 0.1) is 18.8 Å². The Hall–Kier alpha value is -3.58. The van der Waals surface area contributed by atoms with E-state index in [-0.39, 0.29) is 18.9 Å². The molecule has 3 aromatic rings. The van der Waals surface area contributed by atoms with Crippen LogP contribution in [0, 0.1) is 5.82 Å². The number of halogens is 1. The molecule has 0 aliphatic carbocycles. The van der Waals surface area contributed by atoms with E-state index in [2.05, 4.69) is 0 Å². The maximum Gasteiger partial charge on any atom is 0.414 e. The van der Waals surface area contributed by atoms with Crippen molar-refractivity contribution in [3.8, 4) is 17.2 Å². The lowest BCUT2D eigenvalue weighted by atomic mass is 10.1. The predicted octanol–water partition coefficient (Wildman–Crippen LogP) is 5.08. The Bertz CT molecular complexity index is 1090. The molecule has 0 radical (unpaired) electrons. The van der Waals surface area contributed by atoms with Gasteiger partial charge in [-0.25, -0.2) is 9.18 Å². The number of hydrogen-bond donors (Lipinski definition) is 1. The molecule has 1 atom stereocenters. The molecule has 1 heterocycles. The normalized spacial score (nSPS) is 15.5. The van der Waals surface area contributed by atoms with Crippen LogP contribution in [0.5, 0.6) is 17.2 Å². The molecule has 0 spiro atoms. The molecule has 0 aromatic heterocycles. The number of ether oxygens (including phenoxy) is 3. The molecular weight excluding hydrogens is 413 g/mol. The molecular formula is C25H24FNO5. The molecule has 1 saturated heterocycles. The van der Waals surface area contributed by atoms with Gasteiger partial charge in [-0.15, -0.1) is 0 Å². The minimum absolute atomic E-state index is 0.00818. The molecule has 32 heavy (non-hydrogen) atoms. The third-order valence-corrected chi connectivity index (χ3v) is 5.18. The summed E-state index contributed by atoms with van der Waals surface area (Å²) < 4.78 is 31.7. The standard InChI is InChI=1S/C25H24FNO5/c1-2-17-8-10-23(24(12-17)30-16-18-6-4-3-5-7-18)32-22-11-9-19(13-21(22)26)27-14-20(15-28)31-25(27)29/h3-13,20,28H,2,14-16H2,1H3. The fourth-order valence-electron chi connectivity index (χ4n) is 3.39. The van der Waals surface area contributed by atoms with Gasteiger partial charge in [0.25, 0.3) is 0 Å². The van der Waals surface area contributed by atoms with E-state index in [4.69, 9.17) is 14.2 Å². The number of amides is 1. The topological polar surface area (TPSA) is 68.2 Å². The maximum atomic E-state index is 14.8. The monoisotopic (exact) mass is 437 g/mol. The largest absolute Gasteiger partial charge is 0.485 e. The molecule has 1 aliphatic rings. The van der Waals surface area contributed by atoms with E-state index in [1.165, 1.54) is 17.0 Å². The Morgan fingerprint density at radius 2 is 1.81 bits per heavy atom. The van der Waals surface area contributed by atoms with Crippen LogP contribution in [0.3, 0.4) is 0 Å². The summed E-state index contributed by atoms with van der Waals surface area (Å²) >= 11 is 0. The van der Waals surface area contributed by atoms with Gasteiger partial charge in [0.1, 0.15) is 12.7 Å². The average Bonchev–Trinajstić information content (AvgIpc) is 3.21. The lowest BCUT2D eigenvalue weighted by molar-refractivity contribution is 0.0963. The molecule has 0 saturated carbocycles. The summed E-state index contributed by atoms with van der Waals surface area (Å²) in [5.41, 5.74) is 2.41. The van der Waals surface area contributed by atoms with Crippen LogP contribution < -0.4 is 14.4 Å². The molecule has 0 bridgehead atoms. The zero-order valence-electron chi connectivity index (χ0n) is 17.7. The summed E-state index contributed by atoms with van der Waals surface area (Å²) in [7, 11) is 0. The van der Waals surface area contributed by atoms with Crippen molar-refractivity contribution in [2.45, 2.75) is 26.1 Å². The van der Waals surface area contributed by atoms with Crippen molar-refractivity contribution in [1.82, 2.24) is 0 Å². The van der Waals surface area contributed by atoms with Crippen LogP contribution in [0.2, 0.25) is 0 Å². The fourth-order valence-corrected chi connectivity index (χ4v) is 3.39. The highest BCUT2D eigenvalue weighted by Crippen LogP contribution is 2.36. The van der Waals surface area contributed by atoms with Crippen molar-refractivity contribution in [3.63, 3.8) is 0 Å². The smallest absolute Gasteiger partial charge is 0.414 e. The highest BCUT2D eigenvalue weighted by atomic mass is 19.1. The van der Waals surface area contributed by atoms with E-state index >= 15 is 0 Å². The predicted molar refractivity (Wildman–Crippen MR) is 118 cm³/mol. The highest BCUT2D eigenvalue weighted by molar-refractivity contribution is 5.89. The summed E-state index contributed by atoms with van der Waals surface area (Å²) in [5, 5.41) is 9.18. The molecule has 166 valence electrons. The van der Waals surface area contributed by atoms with Gasteiger partial charge < -0.3 is 19.3 Å². The van der Waals surface area contributed by atoms with Crippen LogP contribution in [0.15, 0.2) is 66.7 Å². The van der Waals surface area contributed by atoms with Crippen LogP contribution in [0.1, 0.15) is 18.1 Å². The number of nitrogens with zero attached hydrogens (tertiary/aromatic N) is 1. The maximum absolute atomic E-state index is 14.8. The fraction of sp³-hybridized carbons (Fsp3) is 0.240. The van der Waals surface area contributed by atoms with Crippen LogP contribution in [0.4, 0.5) is 14.9 Å². The second-order valence-electron chi connectivity index (χ2n) is 7.42. The number of benzene rings is 3. The first-order valence-electron chi connectivity index (χ1n) is 10.4. The number of aliphatic hydroxyl groups excluding tert-OH is 1.